The van der Waals surface area contributed by atoms with Gasteiger partial charge in [0.1, 0.15) is 5.75 Å². The molecule has 1 aromatic carbocycles. The smallest absolute Gasteiger partial charge is 0.137 e. The van der Waals surface area contributed by atoms with Crippen LogP contribution in [0.15, 0.2) is 12.1 Å². The minimum Gasteiger partial charge on any atom is -0.495 e. The lowest BCUT2D eigenvalue weighted by atomic mass is 10.0. The van der Waals surface area contributed by atoms with Gasteiger partial charge in [-0.15, -0.1) is 12.4 Å². The standard InChI is InChI=1S/C11H16ClNO.ClH/c1-7-4-11(14-3)10(12)6-9(7)5-8(2)13;/h4,6,8H,5,13H2,1-3H3;1H. The van der Waals surface area contributed by atoms with Crippen molar-refractivity contribution >= 4 is 24.0 Å². The molecule has 2 nitrogen and oxygen atoms in total. The van der Waals surface area contributed by atoms with E-state index in [1.54, 1.807) is 7.11 Å². The first-order chi connectivity index (χ1) is 6.54. The second-order valence-electron chi connectivity index (χ2n) is 3.59. The second-order valence-corrected chi connectivity index (χ2v) is 4.00. The molecule has 0 spiro atoms. The Morgan fingerprint density at radius 1 is 1.47 bits per heavy atom. The SMILES string of the molecule is COc1cc(C)c(CC(C)N)cc1Cl.Cl. The van der Waals surface area contributed by atoms with E-state index in [1.165, 1.54) is 11.1 Å². The molecule has 0 aliphatic carbocycles. The molecule has 0 heterocycles. The van der Waals surface area contributed by atoms with E-state index in [-0.39, 0.29) is 18.4 Å². The summed E-state index contributed by atoms with van der Waals surface area (Å²) in [5.41, 5.74) is 8.10. The van der Waals surface area contributed by atoms with Gasteiger partial charge in [-0.05, 0) is 43.5 Å². The third-order valence-electron chi connectivity index (χ3n) is 2.15. The highest BCUT2D eigenvalue weighted by atomic mass is 35.5. The molecule has 4 heteroatoms. The molecule has 0 radical (unpaired) electrons. The van der Waals surface area contributed by atoms with E-state index < -0.39 is 0 Å². The van der Waals surface area contributed by atoms with Gasteiger partial charge in [-0.25, -0.2) is 0 Å². The molecule has 0 saturated heterocycles. The fraction of sp³-hybridized carbons (Fsp3) is 0.455. The van der Waals surface area contributed by atoms with Gasteiger partial charge in [0.15, 0.2) is 0 Å². The van der Waals surface area contributed by atoms with E-state index in [9.17, 15) is 0 Å². The van der Waals surface area contributed by atoms with Crippen LogP contribution in [-0.2, 0) is 6.42 Å². The summed E-state index contributed by atoms with van der Waals surface area (Å²) in [5.74, 6) is 0.720. The first-order valence-electron chi connectivity index (χ1n) is 4.63. The van der Waals surface area contributed by atoms with Crippen molar-refractivity contribution in [3.63, 3.8) is 0 Å². The zero-order valence-electron chi connectivity index (χ0n) is 9.21. The predicted molar refractivity (Wildman–Crippen MR) is 67.3 cm³/mol. The highest BCUT2D eigenvalue weighted by molar-refractivity contribution is 6.32. The molecular formula is C11H17Cl2NO. The van der Waals surface area contributed by atoms with Crippen molar-refractivity contribution < 1.29 is 4.74 Å². The van der Waals surface area contributed by atoms with Gasteiger partial charge in [0.2, 0.25) is 0 Å². The number of methoxy groups -OCH3 is 1. The molecule has 1 unspecified atom stereocenters. The molecule has 0 bridgehead atoms. The predicted octanol–water partition coefficient (Wildman–Crippen LogP) is 2.97. The number of halogens is 2. The van der Waals surface area contributed by atoms with Crippen LogP contribution in [0.4, 0.5) is 0 Å². The molecule has 0 fully saturated rings. The second kappa shape index (κ2) is 6.21. The third-order valence-corrected chi connectivity index (χ3v) is 2.45. The molecule has 0 saturated carbocycles. The van der Waals surface area contributed by atoms with Crippen LogP contribution in [0, 0.1) is 6.92 Å². The van der Waals surface area contributed by atoms with Gasteiger partial charge in [-0.3, -0.25) is 0 Å². The monoisotopic (exact) mass is 249 g/mol. The molecule has 1 rings (SSSR count). The van der Waals surface area contributed by atoms with Crippen molar-refractivity contribution in [2.75, 3.05) is 7.11 Å². The van der Waals surface area contributed by atoms with Crippen LogP contribution in [0.3, 0.4) is 0 Å². The Hall–Kier alpha value is -0.440. The topological polar surface area (TPSA) is 35.2 Å². The van der Waals surface area contributed by atoms with E-state index in [1.807, 2.05) is 26.0 Å². The number of hydrogen-bond acceptors (Lipinski definition) is 2. The number of hydrogen-bond donors (Lipinski definition) is 1. The molecule has 15 heavy (non-hydrogen) atoms. The first kappa shape index (κ1) is 14.6. The minimum atomic E-state index is 0. The van der Waals surface area contributed by atoms with E-state index in [4.69, 9.17) is 22.1 Å². The molecule has 0 aromatic heterocycles. The Balaban J connectivity index is 0.00000196. The summed E-state index contributed by atoms with van der Waals surface area (Å²) in [6.07, 6.45) is 0.843. The van der Waals surface area contributed by atoms with Gasteiger partial charge >= 0.3 is 0 Å². The molecular weight excluding hydrogens is 233 g/mol. The maximum absolute atomic E-state index is 6.02. The zero-order valence-corrected chi connectivity index (χ0v) is 10.8. The number of nitrogens with two attached hydrogens (primary N) is 1. The van der Waals surface area contributed by atoms with Gasteiger partial charge in [-0.1, -0.05) is 11.6 Å². The highest BCUT2D eigenvalue weighted by Gasteiger charge is 2.07. The van der Waals surface area contributed by atoms with Crippen LogP contribution in [0.5, 0.6) is 5.75 Å². The fourth-order valence-corrected chi connectivity index (χ4v) is 1.68. The zero-order chi connectivity index (χ0) is 10.7. The normalized spacial score (nSPS) is 11.8. The molecule has 1 atom stereocenters. The Bertz CT molecular complexity index is 327. The van der Waals surface area contributed by atoms with Gasteiger partial charge in [-0.2, -0.15) is 0 Å². The van der Waals surface area contributed by atoms with Crippen LogP contribution in [0.25, 0.3) is 0 Å². The Labute approximate surface area is 102 Å². The lowest BCUT2D eigenvalue weighted by Gasteiger charge is -2.11. The van der Waals surface area contributed by atoms with Crippen LogP contribution >= 0.6 is 24.0 Å². The van der Waals surface area contributed by atoms with Gasteiger partial charge < -0.3 is 10.5 Å². The van der Waals surface area contributed by atoms with Crippen molar-refractivity contribution in [2.45, 2.75) is 26.3 Å². The van der Waals surface area contributed by atoms with Crippen molar-refractivity contribution in [1.82, 2.24) is 0 Å². The van der Waals surface area contributed by atoms with Gasteiger partial charge in [0.25, 0.3) is 0 Å². The van der Waals surface area contributed by atoms with E-state index in [2.05, 4.69) is 0 Å². The summed E-state index contributed by atoms with van der Waals surface area (Å²) >= 11 is 6.02. The molecule has 0 aliphatic heterocycles. The largest absolute Gasteiger partial charge is 0.495 e. The number of aryl methyl sites for hydroxylation is 1. The summed E-state index contributed by atoms with van der Waals surface area (Å²) in [5, 5.41) is 0.647. The van der Waals surface area contributed by atoms with Crippen LogP contribution < -0.4 is 10.5 Å². The summed E-state index contributed by atoms with van der Waals surface area (Å²) in [6, 6.07) is 4.03. The maximum Gasteiger partial charge on any atom is 0.137 e. The average Bonchev–Trinajstić information content (AvgIpc) is 2.10. The Morgan fingerprint density at radius 3 is 2.53 bits per heavy atom. The molecule has 0 amide bonds. The van der Waals surface area contributed by atoms with E-state index >= 15 is 0 Å². The van der Waals surface area contributed by atoms with Crippen LogP contribution in [-0.4, -0.2) is 13.2 Å². The van der Waals surface area contributed by atoms with Crippen molar-refractivity contribution in [1.29, 1.82) is 0 Å². The Kier molecular flexibility index (Phi) is 6.03. The first-order valence-corrected chi connectivity index (χ1v) is 5.01. The average molecular weight is 250 g/mol. The number of rotatable bonds is 3. The van der Waals surface area contributed by atoms with Crippen molar-refractivity contribution in [2.24, 2.45) is 5.73 Å². The third kappa shape index (κ3) is 3.90. The quantitative estimate of drug-likeness (QED) is 0.895. The van der Waals surface area contributed by atoms with Crippen LogP contribution in [0.2, 0.25) is 5.02 Å². The van der Waals surface area contributed by atoms with Crippen molar-refractivity contribution in [3.8, 4) is 5.75 Å². The van der Waals surface area contributed by atoms with E-state index in [0.717, 1.165) is 12.2 Å². The number of benzene rings is 1. The number of ether oxygens (including phenoxy) is 1. The molecule has 86 valence electrons. The molecule has 1 aromatic rings. The highest BCUT2D eigenvalue weighted by Crippen LogP contribution is 2.28. The summed E-state index contributed by atoms with van der Waals surface area (Å²) in [7, 11) is 1.62. The molecule has 0 aliphatic rings. The summed E-state index contributed by atoms with van der Waals surface area (Å²) < 4.78 is 5.12. The fourth-order valence-electron chi connectivity index (χ4n) is 1.42. The summed E-state index contributed by atoms with van der Waals surface area (Å²) in [4.78, 5) is 0. The van der Waals surface area contributed by atoms with Crippen molar-refractivity contribution in [3.05, 3.63) is 28.3 Å². The van der Waals surface area contributed by atoms with E-state index in [0.29, 0.717) is 5.02 Å². The lowest BCUT2D eigenvalue weighted by Crippen LogP contribution is -2.18. The minimum absolute atomic E-state index is 0. The van der Waals surface area contributed by atoms with Crippen LogP contribution in [0.1, 0.15) is 18.1 Å². The molecule has 2 N–H and O–H groups in total. The van der Waals surface area contributed by atoms with Gasteiger partial charge in [0.05, 0.1) is 12.1 Å². The summed E-state index contributed by atoms with van der Waals surface area (Å²) in [6.45, 7) is 4.02. The Morgan fingerprint density at radius 2 is 2.07 bits per heavy atom. The maximum atomic E-state index is 6.02. The lowest BCUT2D eigenvalue weighted by molar-refractivity contribution is 0.414. The van der Waals surface area contributed by atoms with Gasteiger partial charge in [0, 0.05) is 6.04 Å².